The number of rotatable bonds is 7. The highest BCUT2D eigenvalue weighted by Gasteiger charge is 2.23. The van der Waals surface area contributed by atoms with E-state index < -0.39 is 16.8 Å². The van der Waals surface area contributed by atoms with Crippen molar-refractivity contribution in [3.05, 3.63) is 73.5 Å². The number of carbonyl (C=O) groups is 2. The van der Waals surface area contributed by atoms with E-state index in [-0.39, 0.29) is 23.8 Å². The van der Waals surface area contributed by atoms with E-state index in [1.54, 1.807) is 26.0 Å². The maximum absolute atomic E-state index is 12.6. The summed E-state index contributed by atoms with van der Waals surface area (Å²) in [6.45, 7) is 5.27. The molecule has 3 rings (SSSR count). The standard InChI is InChI=1S/C21H20N2O7S/c1-11-5-7-16(15(9-11)23(26)27)29-10-14-6-8-17(30-14)19(24)22-20-18(21(25)28-4)12(2)13(3)31-20/h5-9H,10H2,1-4H3,(H,22,24). The summed E-state index contributed by atoms with van der Waals surface area (Å²) in [5.74, 6) is -0.655. The van der Waals surface area contributed by atoms with Crippen LogP contribution in [0.3, 0.4) is 0 Å². The number of carbonyl (C=O) groups excluding carboxylic acids is 2. The van der Waals surface area contributed by atoms with Crippen LogP contribution in [-0.2, 0) is 11.3 Å². The molecule has 3 aromatic rings. The van der Waals surface area contributed by atoms with Crippen molar-refractivity contribution in [1.82, 2.24) is 0 Å². The molecule has 1 aromatic carbocycles. The molecule has 0 aliphatic carbocycles. The zero-order valence-electron chi connectivity index (χ0n) is 17.3. The van der Waals surface area contributed by atoms with Crippen LogP contribution in [0.15, 0.2) is 34.7 Å². The van der Waals surface area contributed by atoms with Crippen molar-refractivity contribution in [2.45, 2.75) is 27.4 Å². The van der Waals surface area contributed by atoms with Gasteiger partial charge >= 0.3 is 11.7 Å². The van der Waals surface area contributed by atoms with E-state index in [1.807, 2.05) is 6.92 Å². The first kappa shape index (κ1) is 22.0. The summed E-state index contributed by atoms with van der Waals surface area (Å²) in [5, 5.41) is 14.2. The molecule has 31 heavy (non-hydrogen) atoms. The minimum absolute atomic E-state index is 0.0107. The molecule has 0 aliphatic heterocycles. The molecule has 0 saturated carbocycles. The maximum atomic E-state index is 12.6. The van der Waals surface area contributed by atoms with Gasteiger partial charge in [-0.15, -0.1) is 11.3 Å². The SMILES string of the molecule is COC(=O)c1c(NC(=O)c2ccc(COc3ccc(C)cc3[N+](=O)[O-])o2)sc(C)c1C. The van der Waals surface area contributed by atoms with E-state index in [0.29, 0.717) is 16.3 Å². The van der Waals surface area contributed by atoms with Crippen LogP contribution in [0, 0.1) is 30.9 Å². The van der Waals surface area contributed by atoms with Crippen LogP contribution in [0.1, 0.15) is 42.7 Å². The molecule has 0 aliphatic rings. The summed E-state index contributed by atoms with van der Waals surface area (Å²) in [7, 11) is 1.28. The van der Waals surface area contributed by atoms with Crippen LogP contribution < -0.4 is 10.1 Å². The predicted molar refractivity (Wildman–Crippen MR) is 114 cm³/mol. The maximum Gasteiger partial charge on any atom is 0.341 e. The Hall–Kier alpha value is -3.66. The van der Waals surface area contributed by atoms with Crippen LogP contribution in [0.25, 0.3) is 0 Å². The summed E-state index contributed by atoms with van der Waals surface area (Å²) in [5.41, 5.74) is 1.63. The lowest BCUT2D eigenvalue weighted by Gasteiger charge is -2.06. The summed E-state index contributed by atoms with van der Waals surface area (Å²) in [4.78, 5) is 36.2. The van der Waals surface area contributed by atoms with Crippen molar-refractivity contribution >= 4 is 33.9 Å². The Balaban J connectivity index is 1.72. The number of thiophene rings is 1. The fourth-order valence-electron chi connectivity index (χ4n) is 2.85. The van der Waals surface area contributed by atoms with Gasteiger partial charge in [0.1, 0.15) is 17.4 Å². The lowest BCUT2D eigenvalue weighted by molar-refractivity contribution is -0.386. The molecular weight excluding hydrogens is 424 g/mol. The molecule has 1 N–H and O–H groups in total. The second kappa shape index (κ2) is 9.00. The Bertz CT molecular complexity index is 1160. The Morgan fingerprint density at radius 1 is 1.19 bits per heavy atom. The van der Waals surface area contributed by atoms with Crippen LogP contribution in [-0.4, -0.2) is 23.9 Å². The Labute approximate surface area is 181 Å². The number of nitro groups is 1. The number of nitrogens with zero attached hydrogens (tertiary/aromatic N) is 1. The van der Waals surface area contributed by atoms with Gasteiger partial charge in [-0.1, -0.05) is 6.07 Å². The topological polar surface area (TPSA) is 121 Å². The van der Waals surface area contributed by atoms with E-state index in [1.165, 1.54) is 36.6 Å². The number of amides is 1. The molecule has 2 aromatic heterocycles. The van der Waals surface area contributed by atoms with Gasteiger partial charge in [0.15, 0.2) is 11.5 Å². The van der Waals surface area contributed by atoms with E-state index in [2.05, 4.69) is 5.32 Å². The number of benzene rings is 1. The lowest BCUT2D eigenvalue weighted by Crippen LogP contribution is -2.13. The average Bonchev–Trinajstić information content (AvgIpc) is 3.31. The largest absolute Gasteiger partial charge is 0.479 e. The third-order valence-corrected chi connectivity index (χ3v) is 5.69. The Morgan fingerprint density at radius 3 is 2.61 bits per heavy atom. The van der Waals surface area contributed by atoms with Gasteiger partial charge in [0.2, 0.25) is 0 Å². The van der Waals surface area contributed by atoms with Crippen molar-refractivity contribution in [3.63, 3.8) is 0 Å². The summed E-state index contributed by atoms with van der Waals surface area (Å²) < 4.78 is 15.8. The molecule has 162 valence electrons. The van der Waals surface area contributed by atoms with Gasteiger partial charge in [-0.2, -0.15) is 0 Å². The van der Waals surface area contributed by atoms with Crippen LogP contribution in [0.2, 0.25) is 0 Å². The van der Waals surface area contributed by atoms with Crippen molar-refractivity contribution in [2.75, 3.05) is 12.4 Å². The number of hydrogen-bond donors (Lipinski definition) is 1. The van der Waals surface area contributed by atoms with Crippen LogP contribution in [0.4, 0.5) is 10.7 Å². The monoisotopic (exact) mass is 444 g/mol. The summed E-state index contributed by atoms with van der Waals surface area (Å²) in [6, 6.07) is 7.64. The zero-order chi connectivity index (χ0) is 22.7. The molecule has 0 atom stereocenters. The van der Waals surface area contributed by atoms with Crippen molar-refractivity contribution in [3.8, 4) is 5.75 Å². The second-order valence-corrected chi connectivity index (χ2v) is 7.94. The van der Waals surface area contributed by atoms with Gasteiger partial charge in [-0.25, -0.2) is 4.79 Å². The number of furan rings is 1. The molecule has 1 amide bonds. The number of ether oxygens (including phenoxy) is 2. The highest BCUT2D eigenvalue weighted by atomic mass is 32.1. The highest BCUT2D eigenvalue weighted by molar-refractivity contribution is 7.16. The number of nitro benzene ring substituents is 1. The third kappa shape index (κ3) is 4.75. The van der Waals surface area contributed by atoms with Gasteiger partial charge < -0.3 is 19.2 Å². The minimum Gasteiger partial charge on any atom is -0.479 e. The van der Waals surface area contributed by atoms with E-state index >= 15 is 0 Å². The fourth-order valence-corrected chi connectivity index (χ4v) is 3.89. The average molecular weight is 444 g/mol. The van der Waals surface area contributed by atoms with Crippen LogP contribution >= 0.6 is 11.3 Å². The molecular formula is C21H20N2O7S. The number of nitrogens with one attached hydrogen (secondary N) is 1. The predicted octanol–water partition coefficient (Wildman–Crippen LogP) is 4.79. The number of hydrogen-bond acceptors (Lipinski definition) is 8. The molecule has 2 heterocycles. The van der Waals surface area contributed by atoms with Gasteiger partial charge in [0.25, 0.3) is 5.91 Å². The molecule has 9 nitrogen and oxygen atoms in total. The molecule has 0 bridgehead atoms. The Kier molecular flexibility index (Phi) is 6.40. The molecule has 0 spiro atoms. The normalized spacial score (nSPS) is 10.6. The summed E-state index contributed by atoms with van der Waals surface area (Å²) >= 11 is 1.26. The quantitative estimate of drug-likeness (QED) is 0.316. The van der Waals surface area contributed by atoms with E-state index in [9.17, 15) is 19.7 Å². The first-order valence-corrected chi connectivity index (χ1v) is 9.99. The van der Waals surface area contributed by atoms with E-state index in [4.69, 9.17) is 13.9 Å². The molecule has 10 heteroatoms. The second-order valence-electron chi connectivity index (χ2n) is 6.72. The Morgan fingerprint density at radius 2 is 1.94 bits per heavy atom. The lowest BCUT2D eigenvalue weighted by atomic mass is 10.1. The van der Waals surface area contributed by atoms with Crippen molar-refractivity contribution in [2.24, 2.45) is 0 Å². The first-order valence-electron chi connectivity index (χ1n) is 9.17. The first-order chi connectivity index (χ1) is 14.7. The molecule has 0 fully saturated rings. The molecule has 0 radical (unpaired) electrons. The number of esters is 1. The minimum atomic E-state index is -0.543. The van der Waals surface area contributed by atoms with Crippen molar-refractivity contribution in [1.29, 1.82) is 0 Å². The van der Waals surface area contributed by atoms with E-state index in [0.717, 1.165) is 16.0 Å². The van der Waals surface area contributed by atoms with Crippen LogP contribution in [0.5, 0.6) is 5.75 Å². The van der Waals surface area contributed by atoms with Gasteiger partial charge in [-0.05, 0) is 50.1 Å². The van der Waals surface area contributed by atoms with Gasteiger partial charge in [-0.3, -0.25) is 14.9 Å². The number of aryl methyl sites for hydroxylation is 2. The highest BCUT2D eigenvalue weighted by Crippen LogP contribution is 2.33. The van der Waals surface area contributed by atoms with Gasteiger partial charge in [0, 0.05) is 10.9 Å². The molecule has 0 saturated heterocycles. The smallest absolute Gasteiger partial charge is 0.341 e. The zero-order valence-corrected chi connectivity index (χ0v) is 18.1. The summed E-state index contributed by atoms with van der Waals surface area (Å²) in [6.07, 6.45) is 0. The molecule has 0 unspecified atom stereocenters. The number of methoxy groups -OCH3 is 1. The van der Waals surface area contributed by atoms with Crippen molar-refractivity contribution < 1.29 is 28.4 Å². The van der Waals surface area contributed by atoms with Gasteiger partial charge in [0.05, 0.1) is 17.6 Å². The fraction of sp³-hybridized carbons (Fsp3) is 0.238. The number of anilines is 1. The third-order valence-electron chi connectivity index (χ3n) is 4.57.